The van der Waals surface area contributed by atoms with Gasteiger partial charge in [0.2, 0.25) is 5.91 Å². The largest absolute Gasteiger partial charge is 0.325 e. The highest BCUT2D eigenvalue weighted by Crippen LogP contribution is 2.24. The maximum Gasteiger partial charge on any atom is 0.249 e. The number of anilines is 1. The Labute approximate surface area is 162 Å². The fourth-order valence-corrected chi connectivity index (χ4v) is 3.68. The van der Waals surface area contributed by atoms with Crippen LogP contribution in [0.5, 0.6) is 0 Å². The Kier molecular flexibility index (Phi) is 6.37. The summed E-state index contributed by atoms with van der Waals surface area (Å²) in [7, 11) is -3.67. The van der Waals surface area contributed by atoms with Gasteiger partial charge in [-0.05, 0) is 42.3 Å². The van der Waals surface area contributed by atoms with Gasteiger partial charge in [-0.15, -0.1) is 0 Å². The van der Waals surface area contributed by atoms with Crippen LogP contribution < -0.4 is 5.32 Å². The molecule has 1 atom stereocenters. The number of carbonyl (C=O) groups excluding carboxylic acids is 2. The minimum absolute atomic E-state index is 0.0389. The van der Waals surface area contributed by atoms with Crippen LogP contribution in [0, 0.1) is 17.2 Å². The van der Waals surface area contributed by atoms with Crippen LogP contribution in [-0.4, -0.2) is 26.4 Å². The Morgan fingerprint density at radius 3 is 2.33 bits per heavy atom. The van der Waals surface area contributed by atoms with Gasteiger partial charge < -0.3 is 5.32 Å². The van der Waals surface area contributed by atoms with Crippen molar-refractivity contribution in [1.82, 2.24) is 0 Å². The molecule has 2 rings (SSSR count). The number of nitrogens with one attached hydrogen (secondary N) is 1. The summed E-state index contributed by atoms with van der Waals surface area (Å²) >= 11 is 5.86. The first-order valence-electron chi connectivity index (χ1n) is 8.00. The quantitative estimate of drug-likeness (QED) is 0.587. The number of hydrogen-bond acceptors (Lipinski definition) is 5. The number of rotatable bonds is 6. The summed E-state index contributed by atoms with van der Waals surface area (Å²) in [5.41, 5.74) is 1.46. The molecule has 1 N–H and O–H groups in total. The number of Topliss-reactive ketones (excluding diaryl/α,β-unsaturated/α-hetero) is 1. The first kappa shape index (κ1) is 20.6. The van der Waals surface area contributed by atoms with E-state index in [1.54, 1.807) is 18.2 Å². The number of halogens is 1. The molecule has 6 nitrogen and oxygen atoms in total. The van der Waals surface area contributed by atoms with Crippen LogP contribution in [0.4, 0.5) is 5.69 Å². The van der Waals surface area contributed by atoms with E-state index in [1.165, 1.54) is 12.1 Å². The minimum Gasteiger partial charge on any atom is -0.325 e. The van der Waals surface area contributed by atoms with Crippen LogP contribution in [0.2, 0.25) is 5.02 Å². The third-order valence-corrected chi connectivity index (χ3v) is 5.48. The van der Waals surface area contributed by atoms with Gasteiger partial charge in [-0.25, -0.2) is 8.42 Å². The maximum atomic E-state index is 12.6. The zero-order valence-corrected chi connectivity index (χ0v) is 16.3. The molecule has 0 saturated heterocycles. The van der Waals surface area contributed by atoms with Crippen LogP contribution in [0.25, 0.3) is 0 Å². The van der Waals surface area contributed by atoms with Crippen LogP contribution in [0.15, 0.2) is 47.4 Å². The standard InChI is InChI=1S/C19H17ClN2O4S/c1-3-12-4-7-14(8-5-12)22-19(24)15(11-21)18(23)13-6-9-16(20)17(10-13)27(2,25)26/h4-10,15H,3H2,1-2H3,(H,22,24). The summed E-state index contributed by atoms with van der Waals surface area (Å²) in [5, 5.41) is 11.8. The molecule has 0 bridgehead atoms. The Hall–Kier alpha value is -2.69. The summed E-state index contributed by atoms with van der Waals surface area (Å²) in [6.45, 7) is 1.99. The number of ketones is 1. The summed E-state index contributed by atoms with van der Waals surface area (Å²) < 4.78 is 23.5. The first-order chi connectivity index (χ1) is 12.7. The molecule has 0 fully saturated rings. The normalized spacial score (nSPS) is 12.1. The van der Waals surface area contributed by atoms with E-state index in [1.807, 2.05) is 19.1 Å². The highest BCUT2D eigenvalue weighted by atomic mass is 35.5. The minimum atomic E-state index is -3.67. The lowest BCUT2D eigenvalue weighted by atomic mass is 9.98. The molecule has 0 aliphatic carbocycles. The summed E-state index contributed by atoms with van der Waals surface area (Å²) in [5.74, 6) is -3.21. The Balaban J connectivity index is 2.27. The van der Waals surface area contributed by atoms with Crippen LogP contribution in [0.1, 0.15) is 22.8 Å². The third kappa shape index (κ3) is 4.94. The fourth-order valence-electron chi connectivity index (χ4n) is 2.38. The second-order valence-corrected chi connectivity index (χ2v) is 8.27. The molecule has 2 aromatic carbocycles. The molecule has 27 heavy (non-hydrogen) atoms. The number of aryl methyl sites for hydroxylation is 1. The Bertz CT molecular complexity index is 1020. The molecule has 0 aliphatic heterocycles. The van der Waals surface area contributed by atoms with Crippen molar-refractivity contribution in [2.45, 2.75) is 18.2 Å². The topological polar surface area (TPSA) is 104 Å². The van der Waals surface area contributed by atoms with Crippen molar-refractivity contribution >= 4 is 38.8 Å². The summed E-state index contributed by atoms with van der Waals surface area (Å²) in [6.07, 6.45) is 1.80. The average Bonchev–Trinajstić information content (AvgIpc) is 2.62. The maximum absolute atomic E-state index is 12.6. The molecule has 1 unspecified atom stereocenters. The van der Waals surface area contributed by atoms with Crippen molar-refractivity contribution in [2.75, 3.05) is 11.6 Å². The Morgan fingerprint density at radius 1 is 1.19 bits per heavy atom. The van der Waals surface area contributed by atoms with Crippen molar-refractivity contribution < 1.29 is 18.0 Å². The van der Waals surface area contributed by atoms with E-state index < -0.39 is 27.4 Å². The van der Waals surface area contributed by atoms with Crippen LogP contribution >= 0.6 is 11.6 Å². The number of carbonyl (C=O) groups is 2. The molecule has 1 amide bonds. The van der Waals surface area contributed by atoms with Gasteiger partial charge in [-0.3, -0.25) is 9.59 Å². The molecule has 140 valence electrons. The fraction of sp³-hybridized carbons (Fsp3) is 0.211. The molecule has 0 aromatic heterocycles. The highest BCUT2D eigenvalue weighted by molar-refractivity contribution is 7.90. The molecular formula is C19H17ClN2O4S. The second-order valence-electron chi connectivity index (χ2n) is 5.88. The number of sulfone groups is 1. The summed E-state index contributed by atoms with van der Waals surface area (Å²) in [4.78, 5) is 24.7. The predicted octanol–water partition coefficient (Wildman–Crippen LogP) is 3.27. The van der Waals surface area contributed by atoms with Crippen molar-refractivity contribution in [1.29, 1.82) is 5.26 Å². The van der Waals surface area contributed by atoms with E-state index >= 15 is 0 Å². The van der Waals surface area contributed by atoms with E-state index in [2.05, 4.69) is 5.32 Å². The van der Waals surface area contributed by atoms with Gasteiger partial charge in [0, 0.05) is 17.5 Å². The smallest absolute Gasteiger partial charge is 0.249 e. The second kappa shape index (κ2) is 8.33. The number of nitrogens with zero attached hydrogens (tertiary/aromatic N) is 1. The van der Waals surface area contributed by atoms with Gasteiger partial charge in [0.25, 0.3) is 0 Å². The highest BCUT2D eigenvalue weighted by Gasteiger charge is 2.29. The van der Waals surface area contributed by atoms with Gasteiger partial charge >= 0.3 is 0 Å². The van der Waals surface area contributed by atoms with Gasteiger partial charge in [0.05, 0.1) is 16.0 Å². The Morgan fingerprint density at radius 2 is 1.81 bits per heavy atom. The van der Waals surface area contributed by atoms with Gasteiger partial charge in [-0.1, -0.05) is 30.7 Å². The molecule has 0 saturated carbocycles. The molecule has 0 heterocycles. The lowest BCUT2D eigenvalue weighted by Crippen LogP contribution is -2.28. The van der Waals surface area contributed by atoms with E-state index in [0.29, 0.717) is 5.69 Å². The molecule has 2 aromatic rings. The number of amides is 1. The molecule has 0 spiro atoms. The number of benzene rings is 2. The molecule has 8 heteroatoms. The van der Waals surface area contributed by atoms with Crippen molar-refractivity contribution in [3.05, 3.63) is 58.6 Å². The van der Waals surface area contributed by atoms with Gasteiger partial charge in [0.1, 0.15) is 0 Å². The zero-order chi connectivity index (χ0) is 20.2. The SMILES string of the molecule is CCc1ccc(NC(=O)C(C#N)C(=O)c2ccc(Cl)c(S(C)(=O)=O)c2)cc1. The van der Waals surface area contributed by atoms with Crippen molar-refractivity contribution in [3.8, 4) is 6.07 Å². The molecular weight excluding hydrogens is 388 g/mol. The zero-order valence-electron chi connectivity index (χ0n) is 14.7. The number of hydrogen-bond donors (Lipinski definition) is 1. The molecule has 0 radical (unpaired) electrons. The predicted molar refractivity (Wildman–Crippen MR) is 102 cm³/mol. The van der Waals surface area contributed by atoms with E-state index in [0.717, 1.165) is 24.3 Å². The average molecular weight is 405 g/mol. The monoisotopic (exact) mass is 404 g/mol. The van der Waals surface area contributed by atoms with Crippen LogP contribution in [-0.2, 0) is 21.1 Å². The van der Waals surface area contributed by atoms with Gasteiger partial charge in [0.15, 0.2) is 21.5 Å². The number of nitriles is 1. The van der Waals surface area contributed by atoms with Crippen molar-refractivity contribution in [3.63, 3.8) is 0 Å². The molecule has 0 aliphatic rings. The lowest BCUT2D eigenvalue weighted by molar-refractivity contribution is -0.117. The van der Waals surface area contributed by atoms with Crippen LogP contribution in [0.3, 0.4) is 0 Å². The van der Waals surface area contributed by atoms with E-state index in [9.17, 15) is 23.3 Å². The third-order valence-electron chi connectivity index (χ3n) is 3.90. The first-order valence-corrected chi connectivity index (χ1v) is 10.3. The van der Waals surface area contributed by atoms with Crippen molar-refractivity contribution in [2.24, 2.45) is 5.92 Å². The summed E-state index contributed by atoms with van der Waals surface area (Å²) in [6, 6.07) is 12.3. The van der Waals surface area contributed by atoms with E-state index in [-0.39, 0.29) is 15.5 Å². The lowest BCUT2D eigenvalue weighted by Gasteiger charge is -2.11. The van der Waals surface area contributed by atoms with Gasteiger partial charge in [-0.2, -0.15) is 5.26 Å². The van der Waals surface area contributed by atoms with E-state index in [4.69, 9.17) is 11.6 Å².